The number of unbranched alkanes of at least 4 members (excludes halogenated alkanes) is 1. The first-order valence-corrected chi connectivity index (χ1v) is 10.8. The molecule has 0 fully saturated rings. The second-order valence-electron chi connectivity index (χ2n) is 8.22. The maximum Gasteiger partial charge on any atom is 0.342 e. The Balaban J connectivity index is 2.44. The Hall–Kier alpha value is -2.73. The standard InChI is InChI=1S/C24H31ClN2O4/c1-6-7-12-30-22-14-21(27-16(2)28)20(13-18(22)23(29)31-24(3,4)5)26-15-17-10-8-9-11-19(17)25/h8-11,13-14,26H,6-7,12,15H2,1-5H3,(H,27,28). The van der Waals surface area contributed by atoms with Gasteiger partial charge in [0.1, 0.15) is 16.9 Å². The van der Waals surface area contributed by atoms with E-state index in [1.807, 2.05) is 45.0 Å². The fourth-order valence-electron chi connectivity index (χ4n) is 2.79. The van der Waals surface area contributed by atoms with Crippen LogP contribution in [0.2, 0.25) is 5.02 Å². The molecule has 6 nitrogen and oxygen atoms in total. The zero-order chi connectivity index (χ0) is 23.0. The van der Waals surface area contributed by atoms with Gasteiger partial charge in [0, 0.05) is 24.6 Å². The molecule has 0 spiro atoms. The summed E-state index contributed by atoms with van der Waals surface area (Å²) in [4.78, 5) is 24.7. The van der Waals surface area contributed by atoms with Gasteiger partial charge in [0.15, 0.2) is 0 Å². The highest BCUT2D eigenvalue weighted by Gasteiger charge is 2.23. The maximum atomic E-state index is 12.9. The average Bonchev–Trinajstić information content (AvgIpc) is 2.66. The molecule has 0 heterocycles. The van der Waals surface area contributed by atoms with Gasteiger partial charge in [0.2, 0.25) is 5.91 Å². The molecule has 168 valence electrons. The molecule has 7 heteroatoms. The smallest absolute Gasteiger partial charge is 0.342 e. The van der Waals surface area contributed by atoms with Gasteiger partial charge in [0.05, 0.1) is 18.0 Å². The van der Waals surface area contributed by atoms with Crippen LogP contribution in [0.3, 0.4) is 0 Å². The number of amides is 1. The third-order valence-corrected chi connectivity index (χ3v) is 4.60. The van der Waals surface area contributed by atoms with E-state index in [1.165, 1.54) is 6.92 Å². The number of benzene rings is 2. The van der Waals surface area contributed by atoms with E-state index in [1.54, 1.807) is 12.1 Å². The van der Waals surface area contributed by atoms with Crippen molar-refractivity contribution in [2.75, 3.05) is 17.2 Å². The Morgan fingerprint density at radius 2 is 1.81 bits per heavy atom. The van der Waals surface area contributed by atoms with E-state index in [0.29, 0.717) is 40.9 Å². The van der Waals surface area contributed by atoms with Gasteiger partial charge in [0.25, 0.3) is 0 Å². The summed E-state index contributed by atoms with van der Waals surface area (Å²) in [5, 5.41) is 6.70. The lowest BCUT2D eigenvalue weighted by atomic mass is 10.1. The van der Waals surface area contributed by atoms with Crippen LogP contribution in [-0.4, -0.2) is 24.1 Å². The summed E-state index contributed by atoms with van der Waals surface area (Å²) in [5.41, 5.74) is 1.61. The fourth-order valence-corrected chi connectivity index (χ4v) is 2.99. The quantitative estimate of drug-likeness (QED) is 0.362. The number of carbonyl (C=O) groups is 2. The Labute approximate surface area is 189 Å². The summed E-state index contributed by atoms with van der Waals surface area (Å²) in [7, 11) is 0. The van der Waals surface area contributed by atoms with Crippen LogP contribution < -0.4 is 15.4 Å². The van der Waals surface area contributed by atoms with E-state index in [-0.39, 0.29) is 5.91 Å². The van der Waals surface area contributed by atoms with Crippen LogP contribution in [0, 0.1) is 0 Å². The third-order valence-electron chi connectivity index (χ3n) is 4.23. The summed E-state index contributed by atoms with van der Waals surface area (Å²) in [5.74, 6) is -0.353. The van der Waals surface area contributed by atoms with Crippen molar-refractivity contribution in [3.63, 3.8) is 0 Å². The minimum atomic E-state index is -0.654. The Bertz CT molecular complexity index is 922. The second kappa shape index (κ2) is 11.0. The van der Waals surface area contributed by atoms with E-state index >= 15 is 0 Å². The normalized spacial score (nSPS) is 11.0. The molecule has 2 aromatic rings. The van der Waals surface area contributed by atoms with Crippen molar-refractivity contribution in [3.8, 4) is 5.75 Å². The summed E-state index contributed by atoms with van der Waals surface area (Å²) >= 11 is 6.26. The molecule has 0 aliphatic rings. The molecule has 0 aliphatic heterocycles. The number of rotatable bonds is 9. The second-order valence-corrected chi connectivity index (χ2v) is 8.63. The average molecular weight is 447 g/mol. The highest BCUT2D eigenvalue weighted by molar-refractivity contribution is 6.31. The molecule has 2 rings (SSSR count). The topological polar surface area (TPSA) is 76.7 Å². The first-order valence-electron chi connectivity index (χ1n) is 10.4. The summed E-state index contributed by atoms with van der Waals surface area (Å²) < 4.78 is 11.4. The Morgan fingerprint density at radius 3 is 2.42 bits per heavy atom. The van der Waals surface area contributed by atoms with E-state index in [2.05, 4.69) is 17.6 Å². The molecule has 0 saturated carbocycles. The van der Waals surface area contributed by atoms with Crippen LogP contribution in [0.4, 0.5) is 11.4 Å². The summed E-state index contributed by atoms with van der Waals surface area (Å²) in [6.45, 7) is 9.79. The van der Waals surface area contributed by atoms with Crippen molar-refractivity contribution in [1.29, 1.82) is 0 Å². The molecule has 0 aromatic heterocycles. The molecule has 0 atom stereocenters. The van der Waals surface area contributed by atoms with Crippen molar-refractivity contribution < 1.29 is 19.1 Å². The maximum absolute atomic E-state index is 12.9. The molecular weight excluding hydrogens is 416 g/mol. The van der Waals surface area contributed by atoms with Gasteiger partial charge in [-0.25, -0.2) is 4.79 Å². The van der Waals surface area contributed by atoms with Crippen molar-refractivity contribution in [2.24, 2.45) is 0 Å². The number of hydrogen-bond acceptors (Lipinski definition) is 5. The molecule has 0 aliphatic carbocycles. The summed E-state index contributed by atoms with van der Waals surface area (Å²) in [6.07, 6.45) is 1.80. The van der Waals surface area contributed by atoms with Crippen LogP contribution in [0.1, 0.15) is 63.4 Å². The largest absolute Gasteiger partial charge is 0.493 e. The predicted octanol–water partition coefficient (Wildman–Crippen LogP) is 6.04. The number of hydrogen-bond donors (Lipinski definition) is 2. The SMILES string of the molecule is CCCCOc1cc(NC(C)=O)c(NCc2ccccc2Cl)cc1C(=O)OC(C)(C)C. The van der Waals surface area contributed by atoms with E-state index < -0.39 is 11.6 Å². The van der Waals surface area contributed by atoms with Gasteiger partial charge in [-0.05, 0) is 44.9 Å². The monoisotopic (exact) mass is 446 g/mol. The van der Waals surface area contributed by atoms with Crippen molar-refractivity contribution in [2.45, 2.75) is 59.6 Å². The minimum absolute atomic E-state index is 0.231. The molecular formula is C24H31ClN2O4. The van der Waals surface area contributed by atoms with Gasteiger partial charge >= 0.3 is 5.97 Å². The number of nitrogens with one attached hydrogen (secondary N) is 2. The zero-order valence-electron chi connectivity index (χ0n) is 18.8. The lowest BCUT2D eigenvalue weighted by molar-refractivity contribution is -0.114. The Kier molecular flexibility index (Phi) is 8.75. The van der Waals surface area contributed by atoms with Crippen molar-refractivity contribution in [1.82, 2.24) is 0 Å². The number of halogens is 1. The number of anilines is 2. The first kappa shape index (κ1) is 24.5. The highest BCUT2D eigenvalue weighted by Crippen LogP contribution is 2.34. The lowest BCUT2D eigenvalue weighted by Crippen LogP contribution is -2.24. The Morgan fingerprint density at radius 1 is 1.10 bits per heavy atom. The van der Waals surface area contributed by atoms with Crippen molar-refractivity contribution >= 4 is 34.9 Å². The minimum Gasteiger partial charge on any atom is -0.493 e. The van der Waals surface area contributed by atoms with Gasteiger partial charge in [-0.1, -0.05) is 43.1 Å². The van der Waals surface area contributed by atoms with Crippen LogP contribution in [0.5, 0.6) is 5.75 Å². The van der Waals surface area contributed by atoms with E-state index in [9.17, 15) is 9.59 Å². The number of ether oxygens (including phenoxy) is 2. The molecule has 2 N–H and O–H groups in total. The predicted molar refractivity (Wildman–Crippen MR) is 125 cm³/mol. The number of carbonyl (C=O) groups excluding carboxylic acids is 2. The van der Waals surface area contributed by atoms with Gasteiger partial charge in [-0.15, -0.1) is 0 Å². The molecule has 2 aromatic carbocycles. The van der Waals surface area contributed by atoms with E-state index in [0.717, 1.165) is 18.4 Å². The molecule has 0 bridgehead atoms. The highest BCUT2D eigenvalue weighted by atomic mass is 35.5. The lowest BCUT2D eigenvalue weighted by Gasteiger charge is -2.22. The third kappa shape index (κ3) is 7.79. The molecule has 0 saturated heterocycles. The van der Waals surface area contributed by atoms with E-state index in [4.69, 9.17) is 21.1 Å². The van der Waals surface area contributed by atoms with Crippen molar-refractivity contribution in [3.05, 3.63) is 52.5 Å². The van der Waals surface area contributed by atoms with Crippen LogP contribution >= 0.6 is 11.6 Å². The fraction of sp³-hybridized carbons (Fsp3) is 0.417. The van der Waals surface area contributed by atoms with Crippen LogP contribution in [-0.2, 0) is 16.1 Å². The molecule has 31 heavy (non-hydrogen) atoms. The molecule has 0 unspecified atom stereocenters. The zero-order valence-corrected chi connectivity index (χ0v) is 19.6. The van der Waals surface area contributed by atoms with Gasteiger partial charge in [-0.2, -0.15) is 0 Å². The van der Waals surface area contributed by atoms with Gasteiger partial charge in [-0.3, -0.25) is 4.79 Å². The number of esters is 1. The van der Waals surface area contributed by atoms with Gasteiger partial charge < -0.3 is 20.1 Å². The molecule has 1 amide bonds. The summed E-state index contributed by atoms with van der Waals surface area (Å²) in [6, 6.07) is 10.8. The molecule has 0 radical (unpaired) electrons. The van der Waals surface area contributed by atoms with Crippen LogP contribution in [0.15, 0.2) is 36.4 Å². The first-order chi connectivity index (χ1) is 14.6. The van der Waals surface area contributed by atoms with Crippen LogP contribution in [0.25, 0.3) is 0 Å².